The van der Waals surface area contributed by atoms with Crippen LogP contribution in [0.4, 0.5) is 0 Å². The van der Waals surface area contributed by atoms with Crippen molar-refractivity contribution < 1.29 is 4.42 Å². The first-order valence-electron chi connectivity index (χ1n) is 14.9. The largest absolute Gasteiger partial charge is 0.456 e. The number of fused-ring (bicyclic) bond motifs is 15. The third-order valence-electron chi connectivity index (χ3n) is 9.01. The first-order valence-corrected chi connectivity index (χ1v) is 15.9. The van der Waals surface area contributed by atoms with Crippen LogP contribution >= 0.6 is 11.8 Å². The summed E-state index contributed by atoms with van der Waals surface area (Å²) in [6, 6.07) is 42.5. The number of hydrogen-bond donors (Lipinski definition) is 0. The molecule has 0 spiro atoms. The van der Waals surface area contributed by atoms with Crippen LogP contribution in [0.3, 0.4) is 0 Å². The summed E-state index contributed by atoms with van der Waals surface area (Å²) < 4.78 is 6.82. The van der Waals surface area contributed by atoms with E-state index in [9.17, 15) is 0 Å². The molecule has 42 heavy (non-hydrogen) atoms. The van der Waals surface area contributed by atoms with Crippen molar-refractivity contribution in [3.8, 4) is 0 Å². The van der Waals surface area contributed by atoms with Crippen molar-refractivity contribution in [2.45, 2.75) is 24.7 Å². The number of furan rings is 1. The van der Waals surface area contributed by atoms with Crippen molar-refractivity contribution in [1.29, 1.82) is 0 Å². The van der Waals surface area contributed by atoms with E-state index in [-0.39, 0.29) is 0 Å². The molecule has 1 heterocycles. The molecular weight excluding hydrogens is 529 g/mol. The summed E-state index contributed by atoms with van der Waals surface area (Å²) in [7, 11) is 0. The van der Waals surface area contributed by atoms with E-state index in [1.807, 2.05) is 11.8 Å². The molecule has 0 aliphatic carbocycles. The van der Waals surface area contributed by atoms with E-state index in [0.29, 0.717) is 0 Å². The summed E-state index contributed by atoms with van der Waals surface area (Å²) in [5.41, 5.74) is 1.92. The highest BCUT2D eigenvalue weighted by atomic mass is 32.2. The van der Waals surface area contributed by atoms with E-state index in [0.717, 1.165) is 16.9 Å². The molecule has 0 saturated carbocycles. The van der Waals surface area contributed by atoms with E-state index < -0.39 is 0 Å². The number of hydrogen-bond acceptors (Lipinski definition) is 2. The van der Waals surface area contributed by atoms with Crippen molar-refractivity contribution in [3.63, 3.8) is 0 Å². The van der Waals surface area contributed by atoms with Gasteiger partial charge < -0.3 is 4.42 Å². The van der Waals surface area contributed by atoms with Crippen LogP contribution in [-0.2, 0) is 0 Å². The van der Waals surface area contributed by atoms with Crippen molar-refractivity contribution in [2.24, 2.45) is 0 Å². The Bertz CT molecular complexity index is 2530. The summed E-state index contributed by atoms with van der Waals surface area (Å²) in [4.78, 5) is 1.31. The Morgan fingerprint density at radius 2 is 1.02 bits per heavy atom. The van der Waals surface area contributed by atoms with Gasteiger partial charge in [-0.2, -0.15) is 0 Å². The van der Waals surface area contributed by atoms with Gasteiger partial charge in [-0.1, -0.05) is 116 Å². The normalized spacial score (nSPS) is 12.3. The number of unbranched alkanes of at least 4 members (excludes halogenated alkanes) is 1. The molecular formula is C40H28OS. The molecule has 0 N–H and O–H groups in total. The van der Waals surface area contributed by atoms with Gasteiger partial charge in [0.1, 0.15) is 11.2 Å². The highest BCUT2D eigenvalue weighted by Crippen LogP contribution is 2.47. The minimum absolute atomic E-state index is 0.951. The summed E-state index contributed by atoms with van der Waals surface area (Å²) in [5.74, 6) is 1.10. The lowest BCUT2D eigenvalue weighted by Crippen LogP contribution is -1.87. The Labute approximate surface area is 247 Å². The number of benzene rings is 8. The van der Waals surface area contributed by atoms with E-state index >= 15 is 0 Å². The van der Waals surface area contributed by atoms with Crippen molar-refractivity contribution in [2.75, 3.05) is 5.75 Å². The zero-order valence-corrected chi connectivity index (χ0v) is 24.2. The fourth-order valence-corrected chi connectivity index (χ4v) is 8.24. The van der Waals surface area contributed by atoms with Crippen LogP contribution in [0, 0.1) is 0 Å². The smallest absolute Gasteiger partial charge is 0.137 e. The second kappa shape index (κ2) is 9.24. The van der Waals surface area contributed by atoms with Crippen molar-refractivity contribution >= 4 is 98.3 Å². The lowest BCUT2D eigenvalue weighted by atomic mass is 9.90. The summed E-state index contributed by atoms with van der Waals surface area (Å²) in [6.45, 7) is 2.26. The Hall–Kier alpha value is -4.53. The van der Waals surface area contributed by atoms with Crippen LogP contribution < -0.4 is 0 Å². The fourth-order valence-electron chi connectivity index (χ4n) is 7.07. The first kappa shape index (κ1) is 24.1. The van der Waals surface area contributed by atoms with Gasteiger partial charge >= 0.3 is 0 Å². The summed E-state index contributed by atoms with van der Waals surface area (Å²) in [5, 5.41) is 17.9. The van der Waals surface area contributed by atoms with Gasteiger partial charge in [0.2, 0.25) is 0 Å². The number of rotatable bonds is 4. The van der Waals surface area contributed by atoms with E-state index in [1.54, 1.807) is 0 Å². The van der Waals surface area contributed by atoms with E-state index in [4.69, 9.17) is 4.42 Å². The molecule has 9 rings (SSSR count). The lowest BCUT2D eigenvalue weighted by molar-refractivity contribution is 0.668. The highest BCUT2D eigenvalue weighted by Gasteiger charge is 2.20. The summed E-state index contributed by atoms with van der Waals surface area (Å²) in [6.07, 6.45) is 2.39. The molecule has 0 amide bonds. The van der Waals surface area contributed by atoms with Gasteiger partial charge in [-0.25, -0.2) is 0 Å². The average molecular weight is 557 g/mol. The van der Waals surface area contributed by atoms with Crippen LogP contribution in [0.15, 0.2) is 125 Å². The van der Waals surface area contributed by atoms with Crippen LogP contribution in [0.1, 0.15) is 19.8 Å². The van der Waals surface area contributed by atoms with Gasteiger partial charge in [-0.05, 0) is 78.2 Å². The monoisotopic (exact) mass is 556 g/mol. The Kier molecular flexibility index (Phi) is 5.30. The molecule has 0 unspecified atom stereocenters. The Balaban J connectivity index is 1.58. The van der Waals surface area contributed by atoms with Gasteiger partial charge in [0.25, 0.3) is 0 Å². The first-order chi connectivity index (χ1) is 20.8. The lowest BCUT2D eigenvalue weighted by Gasteiger charge is -2.14. The summed E-state index contributed by atoms with van der Waals surface area (Å²) >= 11 is 1.96. The second-order valence-corrected chi connectivity index (χ2v) is 12.5. The fraction of sp³-hybridized carbons (Fsp3) is 0.100. The minimum atomic E-state index is 0.951. The molecule has 0 aliphatic rings. The predicted octanol–water partition coefficient (Wildman–Crippen LogP) is 12.4. The third-order valence-corrected chi connectivity index (χ3v) is 10.2. The van der Waals surface area contributed by atoms with Gasteiger partial charge in [0.15, 0.2) is 0 Å². The molecule has 0 radical (unpaired) electrons. The molecule has 200 valence electrons. The van der Waals surface area contributed by atoms with Crippen LogP contribution in [0.2, 0.25) is 0 Å². The van der Waals surface area contributed by atoms with Crippen LogP contribution in [0.25, 0.3) is 86.6 Å². The third kappa shape index (κ3) is 3.39. The molecule has 0 saturated heterocycles. The maximum Gasteiger partial charge on any atom is 0.137 e. The number of thioether (sulfide) groups is 1. The molecule has 1 aromatic heterocycles. The highest BCUT2D eigenvalue weighted by molar-refractivity contribution is 7.99. The maximum atomic E-state index is 6.82. The topological polar surface area (TPSA) is 13.1 Å². The zero-order chi connectivity index (χ0) is 27.8. The minimum Gasteiger partial charge on any atom is -0.456 e. The molecule has 8 aromatic carbocycles. The van der Waals surface area contributed by atoms with E-state index in [1.165, 1.54) is 93.1 Å². The SMILES string of the molecule is CCCCSc1cc2oc3ccc4ccc5ccc6ccccc6c5c4c3c2c2c1ccc1ccc3ccccc3c12. The van der Waals surface area contributed by atoms with Gasteiger partial charge in [-0.15, -0.1) is 11.8 Å². The predicted molar refractivity (Wildman–Crippen MR) is 184 cm³/mol. The van der Waals surface area contributed by atoms with Crippen LogP contribution in [-0.4, -0.2) is 5.75 Å². The molecule has 1 nitrogen and oxygen atoms in total. The van der Waals surface area contributed by atoms with Gasteiger partial charge in [-0.3, -0.25) is 0 Å². The van der Waals surface area contributed by atoms with Gasteiger partial charge in [0.05, 0.1) is 0 Å². The van der Waals surface area contributed by atoms with Gasteiger partial charge in [0, 0.05) is 26.4 Å². The zero-order valence-electron chi connectivity index (χ0n) is 23.4. The quantitative estimate of drug-likeness (QED) is 0.121. The molecule has 0 fully saturated rings. The molecule has 0 bridgehead atoms. The maximum absolute atomic E-state index is 6.82. The van der Waals surface area contributed by atoms with Crippen LogP contribution in [0.5, 0.6) is 0 Å². The second-order valence-electron chi connectivity index (χ2n) is 11.4. The molecule has 0 atom stereocenters. The molecule has 0 aliphatic heterocycles. The van der Waals surface area contributed by atoms with E-state index in [2.05, 4.69) is 122 Å². The van der Waals surface area contributed by atoms with Crippen molar-refractivity contribution in [3.05, 3.63) is 115 Å². The average Bonchev–Trinajstić information content (AvgIpc) is 3.42. The Morgan fingerprint density at radius 1 is 0.476 bits per heavy atom. The standard InChI is InChI=1S/C40H28OS/c1-2-3-22-42-34-23-33-40(38-31(34)20-18-27-15-13-25-9-5-7-11-30(25)36(27)38)39-32(41-33)21-19-28-17-16-26-14-12-24-8-4-6-10-29(24)35(26)37(28)39/h4-21,23H,2-3,22H2,1H3. The van der Waals surface area contributed by atoms with Crippen molar-refractivity contribution in [1.82, 2.24) is 0 Å². The molecule has 2 heteroatoms. The molecule has 9 aromatic rings. The Morgan fingerprint density at radius 3 is 1.71 bits per heavy atom.